The minimum absolute atomic E-state index is 0.325. The molecule has 1 unspecified atom stereocenters. The maximum atomic E-state index is 3.33. The Kier molecular flexibility index (Phi) is 1.49. The molecule has 2 aliphatic heterocycles. The maximum absolute atomic E-state index is 3.33. The predicted octanol–water partition coefficient (Wildman–Crippen LogP) is 2.94. The minimum atomic E-state index is 0.325. The van der Waals surface area contributed by atoms with E-state index in [0.717, 1.165) is 0 Å². The molecule has 1 radical (unpaired) electrons. The van der Waals surface area contributed by atoms with Crippen molar-refractivity contribution in [3.05, 3.63) is 54.3 Å². The van der Waals surface area contributed by atoms with Crippen molar-refractivity contribution in [2.75, 3.05) is 0 Å². The van der Waals surface area contributed by atoms with Crippen LogP contribution < -0.4 is 0 Å². The van der Waals surface area contributed by atoms with Gasteiger partial charge in [0.05, 0.1) is 6.04 Å². The highest BCUT2D eigenvalue weighted by Crippen LogP contribution is 2.45. The van der Waals surface area contributed by atoms with Gasteiger partial charge in [0, 0.05) is 11.1 Å². The van der Waals surface area contributed by atoms with Gasteiger partial charge >= 0.3 is 0 Å². The largest absolute Gasteiger partial charge is 0.307 e. The molecule has 1 atom stereocenters. The van der Waals surface area contributed by atoms with Crippen molar-refractivity contribution in [1.29, 1.82) is 0 Å². The summed E-state index contributed by atoms with van der Waals surface area (Å²) in [6, 6.07) is 8.83. The summed E-state index contributed by atoms with van der Waals surface area (Å²) in [5.41, 5.74) is 1.37. The third kappa shape index (κ3) is 1.02. The molecule has 1 nitrogen and oxygen atoms in total. The molecule has 63 valence electrons. The van der Waals surface area contributed by atoms with E-state index in [9.17, 15) is 0 Å². The lowest BCUT2D eigenvalue weighted by atomic mass is 10.1. The van der Waals surface area contributed by atoms with Crippen LogP contribution in [0.25, 0.3) is 0 Å². The second kappa shape index (κ2) is 2.67. The molecule has 2 heterocycles. The Morgan fingerprint density at radius 1 is 1.31 bits per heavy atom. The van der Waals surface area contributed by atoms with Gasteiger partial charge in [0.15, 0.2) is 0 Å². The molecule has 0 amide bonds. The van der Waals surface area contributed by atoms with Gasteiger partial charge in [-0.05, 0) is 35.7 Å². The molecule has 13 heavy (non-hydrogen) atoms. The summed E-state index contributed by atoms with van der Waals surface area (Å²) in [4.78, 5) is 1.35. The van der Waals surface area contributed by atoms with E-state index in [2.05, 4.69) is 40.8 Å². The molecular formula is C11H8NS. The van der Waals surface area contributed by atoms with E-state index in [1.165, 1.54) is 10.5 Å². The first-order chi connectivity index (χ1) is 6.45. The van der Waals surface area contributed by atoms with E-state index in [4.69, 9.17) is 0 Å². The van der Waals surface area contributed by atoms with Crippen molar-refractivity contribution < 1.29 is 0 Å². The predicted molar refractivity (Wildman–Crippen MR) is 53.8 cm³/mol. The molecule has 0 fully saturated rings. The van der Waals surface area contributed by atoms with Gasteiger partial charge in [0.25, 0.3) is 0 Å². The number of hydrogen-bond donors (Lipinski definition) is 0. The summed E-state index contributed by atoms with van der Waals surface area (Å²) in [6.07, 6.45) is 9.45. The summed E-state index contributed by atoms with van der Waals surface area (Å²) in [5, 5.41) is 0. The maximum Gasteiger partial charge on any atom is 0.0917 e. The molecule has 0 bridgehead atoms. The first kappa shape index (κ1) is 7.27. The van der Waals surface area contributed by atoms with Crippen molar-refractivity contribution in [3.8, 4) is 0 Å². The quantitative estimate of drug-likeness (QED) is 0.573. The molecule has 2 aliphatic rings. The van der Waals surface area contributed by atoms with Crippen LogP contribution in [-0.4, -0.2) is 4.31 Å². The zero-order chi connectivity index (χ0) is 8.67. The van der Waals surface area contributed by atoms with E-state index < -0.39 is 0 Å². The molecule has 1 aromatic carbocycles. The van der Waals surface area contributed by atoms with Crippen molar-refractivity contribution in [3.63, 3.8) is 0 Å². The van der Waals surface area contributed by atoms with Gasteiger partial charge in [-0.15, -0.1) is 0 Å². The second-order valence-corrected chi connectivity index (χ2v) is 4.11. The van der Waals surface area contributed by atoms with Gasteiger partial charge in [0.2, 0.25) is 0 Å². The lowest BCUT2D eigenvalue weighted by molar-refractivity contribution is 0.537. The second-order valence-electron chi connectivity index (χ2n) is 3.07. The number of allylic oxidation sites excluding steroid dienone is 2. The highest BCUT2D eigenvalue weighted by molar-refractivity contribution is 7.97. The van der Waals surface area contributed by atoms with Crippen LogP contribution in [-0.2, 0) is 0 Å². The molecule has 0 saturated heterocycles. The fraction of sp³-hybridized carbons (Fsp3) is 0.0909. The summed E-state index contributed by atoms with van der Waals surface area (Å²) >= 11 is 1.78. The van der Waals surface area contributed by atoms with Crippen LogP contribution in [0.4, 0.5) is 0 Å². The summed E-state index contributed by atoms with van der Waals surface area (Å²) in [6.45, 7) is 0. The van der Waals surface area contributed by atoms with Crippen LogP contribution >= 0.6 is 11.9 Å². The zero-order valence-corrected chi connectivity index (χ0v) is 7.79. The fourth-order valence-electron chi connectivity index (χ4n) is 1.65. The van der Waals surface area contributed by atoms with Gasteiger partial charge in [-0.25, -0.2) is 0 Å². The highest BCUT2D eigenvalue weighted by atomic mass is 32.2. The average molecular weight is 186 g/mol. The Morgan fingerprint density at radius 3 is 3.23 bits per heavy atom. The SMILES string of the molecule is [C]1=CC=CN2Sc3ccccc3C12. The number of benzene rings is 1. The Balaban J connectivity index is 2.12. The van der Waals surface area contributed by atoms with E-state index >= 15 is 0 Å². The molecule has 0 saturated carbocycles. The van der Waals surface area contributed by atoms with Crippen LogP contribution in [0.1, 0.15) is 11.6 Å². The minimum Gasteiger partial charge on any atom is -0.307 e. The number of rotatable bonds is 0. The fourth-order valence-corrected chi connectivity index (χ4v) is 2.71. The standard InChI is InChI=1S/C11H8NS/c1-2-7-11-9(5-1)10-6-3-4-8-12(10)13-11/h1-5,7-8,10H. The molecule has 1 aromatic rings. The van der Waals surface area contributed by atoms with Gasteiger partial charge in [-0.3, -0.25) is 0 Å². The average Bonchev–Trinajstić information content (AvgIpc) is 2.56. The summed E-state index contributed by atoms with van der Waals surface area (Å²) in [5.74, 6) is 0. The first-order valence-corrected chi connectivity index (χ1v) is 5.04. The molecule has 0 aliphatic carbocycles. The Hall–Kier alpha value is -1.15. The van der Waals surface area contributed by atoms with Gasteiger partial charge in [0.1, 0.15) is 0 Å². The third-order valence-electron chi connectivity index (χ3n) is 2.26. The number of hydrogen-bond acceptors (Lipinski definition) is 2. The normalized spacial score (nSPS) is 23.1. The van der Waals surface area contributed by atoms with E-state index in [-0.39, 0.29) is 0 Å². The number of nitrogens with zero attached hydrogens (tertiary/aromatic N) is 1. The van der Waals surface area contributed by atoms with E-state index in [0.29, 0.717) is 6.04 Å². The van der Waals surface area contributed by atoms with Crippen LogP contribution in [0.5, 0.6) is 0 Å². The van der Waals surface area contributed by atoms with Gasteiger partial charge in [-0.2, -0.15) is 0 Å². The molecule has 0 spiro atoms. The molecule has 0 aromatic heterocycles. The Bertz CT molecular complexity index is 395. The lowest BCUT2D eigenvalue weighted by Gasteiger charge is -2.19. The van der Waals surface area contributed by atoms with Gasteiger partial charge < -0.3 is 4.31 Å². The first-order valence-electron chi connectivity index (χ1n) is 4.26. The van der Waals surface area contributed by atoms with E-state index in [1.807, 2.05) is 12.2 Å². The highest BCUT2D eigenvalue weighted by Gasteiger charge is 2.27. The molecular weight excluding hydrogens is 178 g/mol. The van der Waals surface area contributed by atoms with Crippen molar-refractivity contribution in [2.45, 2.75) is 10.9 Å². The smallest absolute Gasteiger partial charge is 0.0917 e. The topological polar surface area (TPSA) is 3.24 Å². The van der Waals surface area contributed by atoms with Crippen LogP contribution in [0.15, 0.2) is 47.5 Å². The Labute approximate surface area is 81.9 Å². The Morgan fingerprint density at radius 2 is 2.23 bits per heavy atom. The molecule has 3 rings (SSSR count). The summed E-state index contributed by atoms with van der Waals surface area (Å²) < 4.78 is 2.23. The van der Waals surface area contributed by atoms with Crippen molar-refractivity contribution >= 4 is 11.9 Å². The third-order valence-corrected chi connectivity index (χ3v) is 3.37. The van der Waals surface area contributed by atoms with Gasteiger partial charge in [-0.1, -0.05) is 24.3 Å². The van der Waals surface area contributed by atoms with Crippen molar-refractivity contribution in [2.24, 2.45) is 0 Å². The van der Waals surface area contributed by atoms with Crippen LogP contribution in [0.2, 0.25) is 0 Å². The zero-order valence-electron chi connectivity index (χ0n) is 6.97. The number of fused-ring (bicyclic) bond motifs is 3. The molecule has 2 heteroatoms. The van der Waals surface area contributed by atoms with E-state index in [1.54, 1.807) is 11.9 Å². The summed E-state index contributed by atoms with van der Waals surface area (Å²) in [7, 11) is 0. The van der Waals surface area contributed by atoms with Crippen LogP contribution in [0.3, 0.4) is 0 Å². The van der Waals surface area contributed by atoms with Crippen molar-refractivity contribution in [1.82, 2.24) is 4.31 Å². The lowest BCUT2D eigenvalue weighted by Crippen LogP contribution is -2.10. The monoisotopic (exact) mass is 186 g/mol. The molecule has 0 N–H and O–H groups in total. The van der Waals surface area contributed by atoms with Crippen LogP contribution in [0, 0.1) is 6.08 Å².